The standard InChI is InChI=1S/C16H10BrF3N4O/c17-8-6-10(14-12(7-8)21-23-22-14)15(25)24-5-4-9-11(16(18,19)20)2-1-3-13(9)24/h1-3,6-7H,4-5H2,(H,21,22,23). The molecule has 0 saturated carbocycles. The number of aromatic nitrogens is 3. The summed E-state index contributed by atoms with van der Waals surface area (Å²) in [6.45, 7) is 0.188. The lowest BCUT2D eigenvalue weighted by atomic mass is 10.0. The predicted molar refractivity (Wildman–Crippen MR) is 88.4 cm³/mol. The van der Waals surface area contributed by atoms with Crippen LogP contribution in [0.4, 0.5) is 18.9 Å². The highest BCUT2D eigenvalue weighted by molar-refractivity contribution is 9.10. The lowest BCUT2D eigenvalue weighted by Crippen LogP contribution is -2.29. The molecular formula is C16H10BrF3N4O. The highest BCUT2D eigenvalue weighted by Gasteiger charge is 2.38. The molecule has 0 radical (unpaired) electrons. The van der Waals surface area contributed by atoms with Crippen LogP contribution in [0.2, 0.25) is 0 Å². The van der Waals surface area contributed by atoms with E-state index in [9.17, 15) is 18.0 Å². The first-order valence-corrected chi connectivity index (χ1v) is 8.16. The van der Waals surface area contributed by atoms with E-state index in [4.69, 9.17) is 0 Å². The summed E-state index contributed by atoms with van der Waals surface area (Å²) < 4.78 is 40.2. The van der Waals surface area contributed by atoms with E-state index in [0.29, 0.717) is 15.5 Å². The Morgan fingerprint density at radius 1 is 1.24 bits per heavy atom. The molecule has 1 amide bonds. The van der Waals surface area contributed by atoms with Crippen molar-refractivity contribution < 1.29 is 18.0 Å². The van der Waals surface area contributed by atoms with Gasteiger partial charge in [-0.05, 0) is 36.2 Å². The fourth-order valence-corrected chi connectivity index (χ4v) is 3.58. The van der Waals surface area contributed by atoms with Gasteiger partial charge in [-0.2, -0.15) is 28.6 Å². The van der Waals surface area contributed by atoms with Crippen molar-refractivity contribution in [3.05, 3.63) is 51.5 Å². The van der Waals surface area contributed by atoms with Crippen molar-refractivity contribution in [3.63, 3.8) is 0 Å². The number of rotatable bonds is 1. The van der Waals surface area contributed by atoms with E-state index in [2.05, 4.69) is 31.3 Å². The second-order valence-electron chi connectivity index (χ2n) is 5.65. The number of halogens is 4. The van der Waals surface area contributed by atoms with Crippen LogP contribution in [0.15, 0.2) is 34.8 Å². The number of benzene rings is 2. The van der Waals surface area contributed by atoms with E-state index in [1.54, 1.807) is 12.1 Å². The molecule has 0 atom stereocenters. The highest BCUT2D eigenvalue weighted by Crippen LogP contribution is 2.40. The minimum Gasteiger partial charge on any atom is -0.308 e. The molecule has 1 N–H and O–H groups in total. The number of hydrogen-bond acceptors (Lipinski definition) is 3. The Hall–Kier alpha value is -2.42. The first kappa shape index (κ1) is 16.1. The zero-order valence-electron chi connectivity index (χ0n) is 12.6. The zero-order chi connectivity index (χ0) is 17.8. The van der Waals surface area contributed by atoms with E-state index in [1.807, 2.05) is 0 Å². The van der Waals surface area contributed by atoms with Crippen molar-refractivity contribution in [1.29, 1.82) is 0 Å². The molecule has 0 bridgehead atoms. The van der Waals surface area contributed by atoms with Crippen molar-refractivity contribution in [3.8, 4) is 0 Å². The van der Waals surface area contributed by atoms with Gasteiger partial charge in [-0.15, -0.1) is 0 Å². The number of carbonyl (C=O) groups excluding carboxylic acids is 1. The van der Waals surface area contributed by atoms with Crippen LogP contribution in [0.5, 0.6) is 0 Å². The van der Waals surface area contributed by atoms with Gasteiger partial charge in [0.05, 0.1) is 11.1 Å². The van der Waals surface area contributed by atoms with Gasteiger partial charge in [0.2, 0.25) is 0 Å². The van der Waals surface area contributed by atoms with E-state index in [0.717, 1.165) is 6.07 Å². The maximum atomic E-state index is 13.2. The van der Waals surface area contributed by atoms with Gasteiger partial charge in [0.1, 0.15) is 11.0 Å². The van der Waals surface area contributed by atoms with Crippen LogP contribution in [-0.4, -0.2) is 27.9 Å². The average Bonchev–Trinajstić information content (AvgIpc) is 3.18. The molecule has 5 nitrogen and oxygen atoms in total. The summed E-state index contributed by atoms with van der Waals surface area (Å²) in [6, 6.07) is 7.20. The normalized spacial score (nSPS) is 14.2. The number of H-pyrrole nitrogens is 1. The molecule has 9 heteroatoms. The number of carbonyl (C=O) groups is 1. The van der Waals surface area contributed by atoms with Crippen LogP contribution in [0, 0.1) is 0 Å². The van der Waals surface area contributed by atoms with E-state index < -0.39 is 17.6 Å². The number of hydrogen-bond donors (Lipinski definition) is 1. The first-order chi connectivity index (χ1) is 11.9. The summed E-state index contributed by atoms with van der Waals surface area (Å²) in [4.78, 5) is 14.3. The number of nitrogens with one attached hydrogen (secondary N) is 1. The number of aromatic amines is 1. The molecule has 0 saturated heterocycles. The number of alkyl halides is 3. The quantitative estimate of drug-likeness (QED) is 0.660. The van der Waals surface area contributed by atoms with Crippen LogP contribution in [-0.2, 0) is 12.6 Å². The van der Waals surface area contributed by atoms with Gasteiger partial charge < -0.3 is 4.90 Å². The fraction of sp³-hybridized carbons (Fsp3) is 0.188. The molecule has 1 aromatic heterocycles. The number of anilines is 1. The average molecular weight is 411 g/mol. The van der Waals surface area contributed by atoms with Gasteiger partial charge in [-0.1, -0.05) is 22.0 Å². The van der Waals surface area contributed by atoms with Gasteiger partial charge in [-0.25, -0.2) is 0 Å². The molecular weight excluding hydrogens is 401 g/mol. The number of amides is 1. The maximum absolute atomic E-state index is 13.2. The van der Waals surface area contributed by atoms with Gasteiger partial charge in [0.15, 0.2) is 0 Å². The largest absolute Gasteiger partial charge is 0.416 e. The molecule has 128 valence electrons. The van der Waals surface area contributed by atoms with Gasteiger partial charge in [0.25, 0.3) is 5.91 Å². The summed E-state index contributed by atoms with van der Waals surface area (Å²) in [7, 11) is 0. The summed E-state index contributed by atoms with van der Waals surface area (Å²) in [5.74, 6) is -0.404. The Morgan fingerprint density at radius 2 is 2.04 bits per heavy atom. The van der Waals surface area contributed by atoms with Crippen molar-refractivity contribution >= 4 is 38.6 Å². The van der Waals surface area contributed by atoms with Crippen LogP contribution in [0.3, 0.4) is 0 Å². The molecule has 25 heavy (non-hydrogen) atoms. The smallest absolute Gasteiger partial charge is 0.308 e. The highest BCUT2D eigenvalue weighted by atomic mass is 79.9. The number of fused-ring (bicyclic) bond motifs is 2. The van der Waals surface area contributed by atoms with E-state index in [1.165, 1.54) is 17.0 Å². The molecule has 1 aliphatic rings. The number of nitrogens with zero attached hydrogens (tertiary/aromatic N) is 3. The third-order valence-corrected chi connectivity index (χ3v) is 4.65. The van der Waals surface area contributed by atoms with Crippen molar-refractivity contribution in [2.75, 3.05) is 11.4 Å². The van der Waals surface area contributed by atoms with Crippen LogP contribution < -0.4 is 4.90 Å². The summed E-state index contributed by atoms with van der Waals surface area (Å²) in [5, 5.41) is 10.4. The Balaban J connectivity index is 1.81. The Kier molecular flexibility index (Phi) is 3.57. The molecule has 0 fully saturated rings. The summed E-state index contributed by atoms with van der Waals surface area (Å²) in [6.07, 6.45) is -4.29. The zero-order valence-corrected chi connectivity index (χ0v) is 14.1. The summed E-state index contributed by atoms with van der Waals surface area (Å²) >= 11 is 3.31. The van der Waals surface area contributed by atoms with Crippen molar-refractivity contribution in [1.82, 2.24) is 15.4 Å². The molecule has 2 aromatic carbocycles. The SMILES string of the molecule is O=C(c1cc(Br)cc2n[nH]nc12)N1CCc2c1cccc2C(F)(F)F. The van der Waals surface area contributed by atoms with Gasteiger partial charge >= 0.3 is 6.18 Å². The molecule has 2 heterocycles. The second-order valence-corrected chi connectivity index (χ2v) is 6.57. The molecule has 0 aliphatic carbocycles. The Bertz CT molecular complexity index is 999. The van der Waals surface area contributed by atoms with Crippen LogP contribution >= 0.6 is 15.9 Å². The Labute approximate surface area is 147 Å². The maximum Gasteiger partial charge on any atom is 0.416 e. The fourth-order valence-electron chi connectivity index (χ4n) is 3.14. The minimum atomic E-state index is -4.44. The first-order valence-electron chi connectivity index (χ1n) is 7.37. The third kappa shape index (κ3) is 2.58. The Morgan fingerprint density at radius 3 is 2.80 bits per heavy atom. The van der Waals surface area contributed by atoms with E-state index >= 15 is 0 Å². The van der Waals surface area contributed by atoms with Crippen LogP contribution in [0.25, 0.3) is 11.0 Å². The van der Waals surface area contributed by atoms with Crippen molar-refractivity contribution in [2.45, 2.75) is 12.6 Å². The molecule has 4 rings (SSSR count). The topological polar surface area (TPSA) is 61.9 Å². The summed E-state index contributed by atoms with van der Waals surface area (Å²) in [5.41, 5.74) is 0.908. The molecule has 0 unspecified atom stereocenters. The molecule has 3 aromatic rings. The van der Waals surface area contributed by atoms with Gasteiger partial charge in [0, 0.05) is 16.7 Å². The molecule has 1 aliphatic heterocycles. The van der Waals surface area contributed by atoms with Crippen molar-refractivity contribution in [2.24, 2.45) is 0 Å². The lowest BCUT2D eigenvalue weighted by Gasteiger charge is -2.18. The predicted octanol–water partition coefficient (Wildman–Crippen LogP) is 3.94. The van der Waals surface area contributed by atoms with Gasteiger partial charge in [-0.3, -0.25) is 4.79 Å². The minimum absolute atomic E-state index is 0.148. The lowest BCUT2D eigenvalue weighted by molar-refractivity contribution is -0.138. The third-order valence-electron chi connectivity index (χ3n) is 4.20. The molecule has 0 spiro atoms. The monoisotopic (exact) mass is 410 g/mol. The van der Waals surface area contributed by atoms with E-state index in [-0.39, 0.29) is 29.8 Å². The van der Waals surface area contributed by atoms with Crippen LogP contribution in [0.1, 0.15) is 21.5 Å². The second kappa shape index (κ2) is 5.55.